The Kier molecular flexibility index (Phi) is 4.15. The van der Waals surface area contributed by atoms with Crippen molar-refractivity contribution in [2.45, 2.75) is 32.7 Å². The van der Waals surface area contributed by atoms with Crippen LogP contribution in [0.25, 0.3) is 0 Å². The molecule has 0 saturated heterocycles. The molecular formula is C10H16ClN3O. The van der Waals surface area contributed by atoms with Gasteiger partial charge in [0.25, 0.3) is 0 Å². The van der Waals surface area contributed by atoms with Gasteiger partial charge in [0.05, 0.1) is 12.2 Å². The van der Waals surface area contributed by atoms with Crippen molar-refractivity contribution in [1.29, 1.82) is 0 Å². The van der Waals surface area contributed by atoms with Gasteiger partial charge in [-0.25, -0.2) is 0 Å². The standard InChI is InChI=1S/C10H16ClN3O/c1-7-6-8(2)14(13-7)5-4-12-10(15)9(3)11/h6,9H,4-5H2,1-3H3,(H,12,15). The quantitative estimate of drug-likeness (QED) is 0.790. The molecule has 1 unspecified atom stereocenters. The van der Waals surface area contributed by atoms with Crippen LogP contribution in [-0.2, 0) is 11.3 Å². The Morgan fingerprint density at radius 1 is 1.67 bits per heavy atom. The molecule has 4 nitrogen and oxygen atoms in total. The van der Waals surface area contributed by atoms with E-state index >= 15 is 0 Å². The number of carbonyl (C=O) groups is 1. The van der Waals surface area contributed by atoms with Gasteiger partial charge < -0.3 is 5.32 Å². The van der Waals surface area contributed by atoms with E-state index in [2.05, 4.69) is 10.4 Å². The first-order valence-electron chi connectivity index (χ1n) is 4.93. The van der Waals surface area contributed by atoms with Crippen molar-refractivity contribution in [3.8, 4) is 0 Å². The van der Waals surface area contributed by atoms with E-state index in [1.165, 1.54) is 0 Å². The highest BCUT2D eigenvalue weighted by atomic mass is 35.5. The minimum absolute atomic E-state index is 0.141. The SMILES string of the molecule is Cc1cc(C)n(CCNC(=O)C(C)Cl)n1. The third kappa shape index (κ3) is 3.55. The highest BCUT2D eigenvalue weighted by molar-refractivity contribution is 6.30. The largest absolute Gasteiger partial charge is 0.353 e. The topological polar surface area (TPSA) is 46.9 Å². The number of amides is 1. The normalized spacial score (nSPS) is 12.5. The second-order valence-corrected chi connectivity index (χ2v) is 4.21. The molecule has 0 spiro atoms. The Morgan fingerprint density at radius 2 is 2.33 bits per heavy atom. The molecule has 1 aromatic heterocycles. The van der Waals surface area contributed by atoms with E-state index in [0.717, 1.165) is 11.4 Å². The van der Waals surface area contributed by atoms with Crippen LogP contribution in [0, 0.1) is 13.8 Å². The molecule has 0 aliphatic rings. The highest BCUT2D eigenvalue weighted by Crippen LogP contribution is 2.00. The van der Waals surface area contributed by atoms with Gasteiger partial charge in [-0.3, -0.25) is 9.48 Å². The number of rotatable bonds is 4. The predicted molar refractivity (Wildman–Crippen MR) is 60.0 cm³/mol. The predicted octanol–water partition coefficient (Wildman–Crippen LogP) is 1.24. The van der Waals surface area contributed by atoms with Crippen LogP contribution in [0.3, 0.4) is 0 Å². The molecule has 84 valence electrons. The maximum absolute atomic E-state index is 11.2. The summed E-state index contributed by atoms with van der Waals surface area (Å²) < 4.78 is 1.87. The molecule has 1 amide bonds. The zero-order valence-electron chi connectivity index (χ0n) is 9.25. The van der Waals surface area contributed by atoms with E-state index in [-0.39, 0.29) is 5.91 Å². The number of aromatic nitrogens is 2. The zero-order chi connectivity index (χ0) is 11.4. The summed E-state index contributed by atoms with van der Waals surface area (Å²) in [5.41, 5.74) is 2.09. The van der Waals surface area contributed by atoms with Crippen LogP contribution in [0.1, 0.15) is 18.3 Å². The van der Waals surface area contributed by atoms with Gasteiger partial charge in [-0.05, 0) is 26.8 Å². The lowest BCUT2D eigenvalue weighted by Gasteiger charge is -2.07. The summed E-state index contributed by atoms with van der Waals surface area (Å²) in [6, 6.07) is 2.01. The first-order chi connectivity index (χ1) is 7.00. The summed E-state index contributed by atoms with van der Waals surface area (Å²) in [5, 5.41) is 6.54. The van der Waals surface area contributed by atoms with E-state index in [1.807, 2.05) is 24.6 Å². The third-order valence-corrected chi connectivity index (χ3v) is 2.29. The summed E-state index contributed by atoms with van der Waals surface area (Å²) in [6.45, 7) is 6.82. The number of carbonyl (C=O) groups excluding carboxylic acids is 1. The van der Waals surface area contributed by atoms with Gasteiger partial charge in [0.2, 0.25) is 5.91 Å². The van der Waals surface area contributed by atoms with Crippen LogP contribution in [0.4, 0.5) is 0 Å². The van der Waals surface area contributed by atoms with E-state index in [1.54, 1.807) is 6.92 Å². The molecule has 0 aliphatic carbocycles. The highest BCUT2D eigenvalue weighted by Gasteiger charge is 2.07. The third-order valence-electron chi connectivity index (χ3n) is 2.09. The van der Waals surface area contributed by atoms with Crippen molar-refractivity contribution >= 4 is 17.5 Å². The van der Waals surface area contributed by atoms with Crippen molar-refractivity contribution in [3.05, 3.63) is 17.5 Å². The van der Waals surface area contributed by atoms with Crippen LogP contribution in [0.2, 0.25) is 0 Å². The fourth-order valence-corrected chi connectivity index (χ4v) is 1.40. The van der Waals surface area contributed by atoms with E-state index < -0.39 is 5.38 Å². The van der Waals surface area contributed by atoms with Crippen molar-refractivity contribution in [3.63, 3.8) is 0 Å². The Morgan fingerprint density at radius 3 is 2.80 bits per heavy atom. The van der Waals surface area contributed by atoms with Gasteiger partial charge in [-0.15, -0.1) is 11.6 Å². The maximum Gasteiger partial charge on any atom is 0.237 e. The average molecular weight is 230 g/mol. The monoisotopic (exact) mass is 229 g/mol. The lowest BCUT2D eigenvalue weighted by molar-refractivity contribution is -0.120. The number of hydrogen-bond acceptors (Lipinski definition) is 2. The smallest absolute Gasteiger partial charge is 0.237 e. The number of nitrogens with zero attached hydrogens (tertiary/aromatic N) is 2. The summed E-state index contributed by atoms with van der Waals surface area (Å²) in [5.74, 6) is -0.141. The Balaban J connectivity index is 2.38. The number of halogens is 1. The first-order valence-corrected chi connectivity index (χ1v) is 5.37. The molecule has 15 heavy (non-hydrogen) atoms. The minimum Gasteiger partial charge on any atom is -0.353 e. The van der Waals surface area contributed by atoms with Crippen LogP contribution < -0.4 is 5.32 Å². The molecular weight excluding hydrogens is 214 g/mol. The molecule has 1 N–H and O–H groups in total. The first kappa shape index (κ1) is 12.0. The Bertz CT molecular complexity index is 346. The van der Waals surface area contributed by atoms with Crippen LogP contribution >= 0.6 is 11.6 Å². The molecule has 1 aromatic rings. The Labute approximate surface area is 94.6 Å². The van der Waals surface area contributed by atoms with E-state index in [0.29, 0.717) is 13.1 Å². The molecule has 0 bridgehead atoms. The summed E-state index contributed by atoms with van der Waals surface area (Å²) >= 11 is 5.61. The number of nitrogens with one attached hydrogen (secondary N) is 1. The summed E-state index contributed by atoms with van der Waals surface area (Å²) in [4.78, 5) is 11.2. The lowest BCUT2D eigenvalue weighted by Crippen LogP contribution is -2.32. The van der Waals surface area contributed by atoms with Crippen molar-refractivity contribution in [2.24, 2.45) is 0 Å². The number of alkyl halides is 1. The molecule has 1 rings (SSSR count). The molecule has 1 atom stereocenters. The fraction of sp³-hybridized carbons (Fsp3) is 0.600. The molecule has 1 heterocycles. The molecule has 0 saturated carbocycles. The minimum atomic E-state index is -0.481. The second kappa shape index (κ2) is 5.16. The molecule has 0 aromatic carbocycles. The zero-order valence-corrected chi connectivity index (χ0v) is 10.0. The maximum atomic E-state index is 11.2. The molecule has 0 aliphatic heterocycles. The van der Waals surface area contributed by atoms with Crippen molar-refractivity contribution in [2.75, 3.05) is 6.54 Å². The number of aryl methyl sites for hydroxylation is 2. The van der Waals surface area contributed by atoms with Gasteiger partial charge in [0, 0.05) is 12.2 Å². The van der Waals surface area contributed by atoms with Gasteiger partial charge in [0.1, 0.15) is 5.38 Å². The van der Waals surface area contributed by atoms with Crippen LogP contribution in [0.15, 0.2) is 6.07 Å². The summed E-state index contributed by atoms with van der Waals surface area (Å²) in [7, 11) is 0. The average Bonchev–Trinajstić information content (AvgIpc) is 2.45. The van der Waals surface area contributed by atoms with Crippen LogP contribution in [-0.4, -0.2) is 27.6 Å². The van der Waals surface area contributed by atoms with Gasteiger partial charge in [0.15, 0.2) is 0 Å². The molecule has 0 radical (unpaired) electrons. The van der Waals surface area contributed by atoms with Gasteiger partial charge >= 0.3 is 0 Å². The van der Waals surface area contributed by atoms with Crippen molar-refractivity contribution < 1.29 is 4.79 Å². The number of hydrogen-bond donors (Lipinski definition) is 1. The molecule has 0 fully saturated rings. The van der Waals surface area contributed by atoms with Crippen LogP contribution in [0.5, 0.6) is 0 Å². The molecule has 5 heteroatoms. The van der Waals surface area contributed by atoms with Crippen molar-refractivity contribution in [1.82, 2.24) is 15.1 Å². The van der Waals surface area contributed by atoms with Gasteiger partial charge in [-0.1, -0.05) is 0 Å². The fourth-order valence-electron chi connectivity index (χ4n) is 1.33. The van der Waals surface area contributed by atoms with Gasteiger partial charge in [-0.2, -0.15) is 5.10 Å². The van der Waals surface area contributed by atoms with E-state index in [4.69, 9.17) is 11.6 Å². The van der Waals surface area contributed by atoms with E-state index in [9.17, 15) is 4.79 Å². The summed E-state index contributed by atoms with van der Waals surface area (Å²) in [6.07, 6.45) is 0. The second-order valence-electron chi connectivity index (χ2n) is 3.56. The Hall–Kier alpha value is -1.03. The lowest BCUT2D eigenvalue weighted by atomic mass is 10.4.